The van der Waals surface area contributed by atoms with E-state index in [0.29, 0.717) is 11.4 Å². The highest BCUT2D eigenvalue weighted by Crippen LogP contribution is 2.22. The Hall–Kier alpha value is -1.75. The third-order valence-electron chi connectivity index (χ3n) is 3.06. The largest absolute Gasteiger partial charge is 0.478 e. The molecule has 0 bridgehead atoms. The number of unbranched alkanes of at least 4 members (excludes halogenated alkanes) is 3. The van der Waals surface area contributed by atoms with Crippen LogP contribution in [0.3, 0.4) is 0 Å². The molecular weight excluding hydrogens is 244 g/mol. The van der Waals surface area contributed by atoms with Crippen LogP contribution >= 0.6 is 0 Å². The fourth-order valence-electron chi connectivity index (χ4n) is 1.99. The summed E-state index contributed by atoms with van der Waals surface area (Å²) in [4.78, 5) is 13.1. The zero-order chi connectivity index (χ0) is 14.3. The number of nitrogens with zero attached hydrogens (tertiary/aromatic N) is 1. The maximum absolute atomic E-state index is 11.2. The highest BCUT2D eigenvalue weighted by atomic mass is 16.4. The Labute approximate surface area is 113 Å². The average Bonchev–Trinajstić information content (AvgIpc) is 2.38. The van der Waals surface area contributed by atoms with Crippen molar-refractivity contribution in [2.75, 3.05) is 30.8 Å². The molecule has 0 aliphatic rings. The molecule has 0 spiro atoms. The van der Waals surface area contributed by atoms with Gasteiger partial charge in [0.1, 0.15) is 0 Å². The third kappa shape index (κ3) is 4.79. The summed E-state index contributed by atoms with van der Waals surface area (Å²) in [6.45, 7) is 1.02. The number of carbonyl (C=O) groups is 1. The molecule has 0 unspecified atom stereocenters. The molecule has 106 valence electrons. The summed E-state index contributed by atoms with van der Waals surface area (Å²) in [7, 11) is 1.88. The van der Waals surface area contributed by atoms with Gasteiger partial charge in [0.15, 0.2) is 0 Å². The van der Waals surface area contributed by atoms with Crippen LogP contribution in [0.1, 0.15) is 36.0 Å². The van der Waals surface area contributed by atoms with E-state index in [4.69, 9.17) is 10.8 Å². The van der Waals surface area contributed by atoms with Gasteiger partial charge in [0.2, 0.25) is 0 Å². The summed E-state index contributed by atoms with van der Waals surface area (Å²) in [5.74, 6) is -0.963. The number of carboxylic acids is 1. The third-order valence-corrected chi connectivity index (χ3v) is 3.06. The van der Waals surface area contributed by atoms with Crippen LogP contribution in [0.25, 0.3) is 0 Å². The van der Waals surface area contributed by atoms with Gasteiger partial charge in [0, 0.05) is 25.9 Å². The van der Waals surface area contributed by atoms with Gasteiger partial charge in [0.25, 0.3) is 0 Å². The molecule has 0 amide bonds. The fraction of sp³-hybridized carbons (Fsp3) is 0.500. The Balaban J connectivity index is 2.61. The number of carboxylic acid groups (broad SMARTS) is 1. The lowest BCUT2D eigenvalue weighted by Crippen LogP contribution is -2.21. The van der Waals surface area contributed by atoms with Crippen LogP contribution in [0.5, 0.6) is 0 Å². The van der Waals surface area contributed by atoms with Gasteiger partial charge in [-0.1, -0.05) is 12.8 Å². The molecule has 0 fully saturated rings. The van der Waals surface area contributed by atoms with Crippen LogP contribution in [0, 0.1) is 0 Å². The van der Waals surface area contributed by atoms with E-state index < -0.39 is 5.97 Å². The minimum atomic E-state index is -0.963. The number of anilines is 2. The van der Waals surface area contributed by atoms with Crippen LogP contribution in [-0.2, 0) is 0 Å². The van der Waals surface area contributed by atoms with Gasteiger partial charge in [-0.3, -0.25) is 0 Å². The van der Waals surface area contributed by atoms with Crippen molar-refractivity contribution >= 4 is 17.3 Å². The lowest BCUT2D eigenvalue weighted by Gasteiger charge is -2.21. The molecule has 19 heavy (non-hydrogen) atoms. The first-order chi connectivity index (χ1) is 9.06. The molecule has 0 aromatic heterocycles. The Morgan fingerprint density at radius 1 is 1.26 bits per heavy atom. The monoisotopic (exact) mass is 266 g/mol. The highest BCUT2D eigenvalue weighted by Gasteiger charge is 2.13. The molecule has 0 aliphatic carbocycles. The lowest BCUT2D eigenvalue weighted by molar-refractivity contribution is 0.0697. The zero-order valence-electron chi connectivity index (χ0n) is 11.3. The summed E-state index contributed by atoms with van der Waals surface area (Å²) >= 11 is 0. The smallest absolute Gasteiger partial charge is 0.337 e. The standard InChI is InChI=1S/C14H22N2O3/c1-16(8-4-2-3-5-9-17)13-7-6-11(15)10-12(13)14(18)19/h6-7,10,17H,2-5,8-9,15H2,1H3,(H,18,19). The summed E-state index contributed by atoms with van der Waals surface area (Å²) in [6, 6.07) is 4.94. The van der Waals surface area contributed by atoms with Crippen LogP contribution in [0.2, 0.25) is 0 Å². The van der Waals surface area contributed by atoms with E-state index in [1.165, 1.54) is 6.07 Å². The van der Waals surface area contributed by atoms with Crippen LogP contribution in [-0.4, -0.2) is 36.4 Å². The SMILES string of the molecule is CN(CCCCCCO)c1ccc(N)cc1C(=O)O. The molecular formula is C14H22N2O3. The van der Waals surface area contributed by atoms with Gasteiger partial charge in [-0.2, -0.15) is 0 Å². The van der Waals surface area contributed by atoms with Crippen LogP contribution < -0.4 is 10.6 Å². The Kier molecular flexibility index (Phi) is 6.15. The zero-order valence-corrected chi connectivity index (χ0v) is 11.3. The van der Waals surface area contributed by atoms with Gasteiger partial charge < -0.3 is 20.8 Å². The van der Waals surface area contributed by atoms with Gasteiger partial charge >= 0.3 is 5.97 Å². The van der Waals surface area contributed by atoms with E-state index in [-0.39, 0.29) is 12.2 Å². The van der Waals surface area contributed by atoms with Gasteiger partial charge in [-0.15, -0.1) is 0 Å². The topological polar surface area (TPSA) is 86.8 Å². The predicted octanol–water partition coefficient (Wildman–Crippen LogP) is 1.96. The van der Waals surface area contributed by atoms with Crippen molar-refractivity contribution in [3.8, 4) is 0 Å². The number of aromatic carboxylic acids is 1. The van der Waals surface area contributed by atoms with E-state index in [9.17, 15) is 9.90 Å². The molecule has 1 aromatic rings. The molecule has 0 saturated carbocycles. The number of hydrogen-bond donors (Lipinski definition) is 3. The van der Waals surface area contributed by atoms with Gasteiger partial charge in [-0.25, -0.2) is 4.79 Å². The molecule has 5 nitrogen and oxygen atoms in total. The lowest BCUT2D eigenvalue weighted by atomic mass is 10.1. The second-order valence-corrected chi connectivity index (χ2v) is 4.64. The van der Waals surface area contributed by atoms with Crippen molar-refractivity contribution in [1.29, 1.82) is 0 Å². The van der Waals surface area contributed by atoms with E-state index in [1.54, 1.807) is 12.1 Å². The van der Waals surface area contributed by atoms with Crippen molar-refractivity contribution < 1.29 is 15.0 Å². The van der Waals surface area contributed by atoms with Crippen molar-refractivity contribution in [2.24, 2.45) is 0 Å². The van der Waals surface area contributed by atoms with Crippen molar-refractivity contribution in [3.63, 3.8) is 0 Å². The van der Waals surface area contributed by atoms with E-state index >= 15 is 0 Å². The first-order valence-corrected chi connectivity index (χ1v) is 6.51. The highest BCUT2D eigenvalue weighted by molar-refractivity contribution is 5.95. The molecule has 4 N–H and O–H groups in total. The predicted molar refractivity (Wildman–Crippen MR) is 76.6 cm³/mol. The molecule has 0 radical (unpaired) electrons. The van der Waals surface area contributed by atoms with Gasteiger partial charge in [0.05, 0.1) is 11.3 Å². The van der Waals surface area contributed by atoms with Crippen molar-refractivity contribution in [3.05, 3.63) is 23.8 Å². The number of benzene rings is 1. The number of aliphatic hydroxyl groups excluding tert-OH is 1. The van der Waals surface area contributed by atoms with Gasteiger partial charge in [-0.05, 0) is 31.0 Å². The summed E-state index contributed by atoms with van der Waals surface area (Å²) < 4.78 is 0. The fourth-order valence-corrected chi connectivity index (χ4v) is 1.99. The molecule has 0 aliphatic heterocycles. The average molecular weight is 266 g/mol. The number of nitrogen functional groups attached to an aromatic ring is 1. The molecule has 0 heterocycles. The second-order valence-electron chi connectivity index (χ2n) is 4.64. The number of nitrogens with two attached hydrogens (primary N) is 1. The first kappa shape index (κ1) is 15.3. The molecule has 1 aromatic carbocycles. The molecule has 1 rings (SSSR count). The molecule has 5 heteroatoms. The number of aliphatic hydroxyl groups is 1. The molecule has 0 saturated heterocycles. The van der Waals surface area contributed by atoms with Crippen molar-refractivity contribution in [2.45, 2.75) is 25.7 Å². The van der Waals surface area contributed by atoms with Crippen LogP contribution in [0.4, 0.5) is 11.4 Å². The van der Waals surface area contributed by atoms with E-state index in [0.717, 1.165) is 32.2 Å². The minimum absolute atomic E-state index is 0.233. The number of rotatable bonds is 8. The first-order valence-electron chi connectivity index (χ1n) is 6.51. The summed E-state index contributed by atoms with van der Waals surface area (Å²) in [5, 5.41) is 17.9. The van der Waals surface area contributed by atoms with Crippen molar-refractivity contribution in [1.82, 2.24) is 0 Å². The Morgan fingerprint density at radius 2 is 1.95 bits per heavy atom. The quantitative estimate of drug-likeness (QED) is 0.494. The van der Waals surface area contributed by atoms with E-state index in [2.05, 4.69) is 0 Å². The Morgan fingerprint density at radius 3 is 2.58 bits per heavy atom. The summed E-state index contributed by atoms with van der Waals surface area (Å²) in [6.07, 6.45) is 3.83. The second kappa shape index (κ2) is 7.63. The van der Waals surface area contributed by atoms with Crippen LogP contribution in [0.15, 0.2) is 18.2 Å². The molecule has 0 atom stereocenters. The maximum Gasteiger partial charge on any atom is 0.337 e. The Bertz CT molecular complexity index is 421. The number of hydrogen-bond acceptors (Lipinski definition) is 4. The maximum atomic E-state index is 11.2. The normalized spacial score (nSPS) is 10.4. The summed E-state index contributed by atoms with van der Waals surface area (Å²) in [5.41, 5.74) is 6.99. The van der Waals surface area contributed by atoms with E-state index in [1.807, 2.05) is 11.9 Å². The minimum Gasteiger partial charge on any atom is -0.478 e.